The number of hydrogen-bond acceptors (Lipinski definition) is 3. The van der Waals surface area contributed by atoms with Crippen molar-refractivity contribution in [1.29, 1.82) is 0 Å². The van der Waals surface area contributed by atoms with Crippen molar-refractivity contribution in [3.05, 3.63) is 0 Å². The van der Waals surface area contributed by atoms with Gasteiger partial charge in [-0.05, 0) is 0 Å². The Morgan fingerprint density at radius 3 is 2.60 bits per heavy atom. The molecule has 0 spiro atoms. The van der Waals surface area contributed by atoms with Gasteiger partial charge in [0.15, 0.2) is 0 Å². The van der Waals surface area contributed by atoms with E-state index < -0.39 is 5.97 Å². The number of terminal acetylenes is 1. The number of aliphatic carboxylic acids is 1. The highest BCUT2D eigenvalue weighted by atomic mass is 32.2. The van der Waals surface area contributed by atoms with E-state index in [9.17, 15) is 9.59 Å². The van der Waals surface area contributed by atoms with Crippen LogP contribution in [0.2, 0.25) is 0 Å². The molecule has 0 aromatic rings. The summed E-state index contributed by atoms with van der Waals surface area (Å²) in [6.45, 7) is 0.657. The van der Waals surface area contributed by atoms with E-state index in [1.807, 2.05) is 0 Å². The van der Waals surface area contributed by atoms with E-state index in [-0.39, 0.29) is 19.0 Å². The number of rotatable bonds is 7. The molecule has 0 atom stereocenters. The maximum atomic E-state index is 11.0. The first-order chi connectivity index (χ1) is 7.16. The Bertz CT molecular complexity index is 250. The van der Waals surface area contributed by atoms with Crippen LogP contribution in [0.1, 0.15) is 6.42 Å². The molecule has 0 rings (SSSR count). The topological polar surface area (TPSA) is 78.4 Å². The molecular weight excluding hydrogens is 216 g/mol. The molecule has 0 heterocycles. The van der Waals surface area contributed by atoms with Gasteiger partial charge >= 0.3 is 12.0 Å². The number of urea groups is 1. The lowest BCUT2D eigenvalue weighted by Crippen LogP contribution is -2.37. The molecule has 0 radical (unpaired) electrons. The predicted octanol–water partition coefficient (Wildman–Crippen LogP) is 0.127. The minimum absolute atomic E-state index is 0.0702. The summed E-state index contributed by atoms with van der Waals surface area (Å²) >= 11 is 1.55. The average molecular weight is 230 g/mol. The largest absolute Gasteiger partial charge is 0.481 e. The van der Waals surface area contributed by atoms with Gasteiger partial charge in [-0.15, -0.1) is 18.2 Å². The Kier molecular flexibility index (Phi) is 8.39. The second-order valence-electron chi connectivity index (χ2n) is 2.58. The Labute approximate surface area is 93.0 Å². The van der Waals surface area contributed by atoms with Crippen molar-refractivity contribution in [2.24, 2.45) is 0 Å². The molecule has 0 aliphatic rings. The molecule has 3 N–H and O–H groups in total. The molecule has 0 fully saturated rings. The van der Waals surface area contributed by atoms with Crippen molar-refractivity contribution in [2.75, 3.05) is 24.6 Å². The zero-order valence-electron chi connectivity index (χ0n) is 8.28. The smallest absolute Gasteiger partial charge is 0.314 e. The molecule has 0 saturated heterocycles. The van der Waals surface area contributed by atoms with Gasteiger partial charge in [0.2, 0.25) is 0 Å². The minimum Gasteiger partial charge on any atom is -0.481 e. The molecule has 5 nitrogen and oxygen atoms in total. The van der Waals surface area contributed by atoms with Crippen molar-refractivity contribution < 1.29 is 14.7 Å². The number of amides is 2. The van der Waals surface area contributed by atoms with E-state index in [4.69, 9.17) is 11.5 Å². The number of carboxylic acids is 1. The van der Waals surface area contributed by atoms with E-state index in [1.165, 1.54) is 0 Å². The van der Waals surface area contributed by atoms with Gasteiger partial charge in [0, 0.05) is 18.8 Å². The molecule has 0 saturated carbocycles. The first-order valence-electron chi connectivity index (χ1n) is 4.41. The van der Waals surface area contributed by atoms with Crippen LogP contribution in [0, 0.1) is 12.3 Å². The lowest BCUT2D eigenvalue weighted by atomic mass is 10.4. The molecule has 2 amide bonds. The fourth-order valence-electron chi connectivity index (χ4n) is 0.713. The number of hydrogen-bond donors (Lipinski definition) is 3. The van der Waals surface area contributed by atoms with Crippen molar-refractivity contribution in [3.8, 4) is 12.3 Å². The van der Waals surface area contributed by atoms with E-state index in [0.29, 0.717) is 12.3 Å². The van der Waals surface area contributed by atoms with Gasteiger partial charge in [-0.3, -0.25) is 4.79 Å². The van der Waals surface area contributed by atoms with Crippen molar-refractivity contribution in [1.82, 2.24) is 10.6 Å². The lowest BCUT2D eigenvalue weighted by molar-refractivity contribution is -0.136. The fraction of sp³-hybridized carbons (Fsp3) is 0.556. The van der Waals surface area contributed by atoms with E-state index >= 15 is 0 Å². The van der Waals surface area contributed by atoms with Crippen molar-refractivity contribution in [2.45, 2.75) is 6.42 Å². The maximum absolute atomic E-state index is 11.0. The van der Waals surface area contributed by atoms with Crippen molar-refractivity contribution >= 4 is 23.8 Å². The monoisotopic (exact) mass is 230 g/mol. The third kappa shape index (κ3) is 10.6. The molecule has 0 aromatic carbocycles. The normalized spacial score (nSPS) is 9.00. The molecule has 0 aliphatic carbocycles. The summed E-state index contributed by atoms with van der Waals surface area (Å²) < 4.78 is 0. The van der Waals surface area contributed by atoms with Crippen molar-refractivity contribution in [3.63, 3.8) is 0 Å². The molecule has 15 heavy (non-hydrogen) atoms. The number of carboxylic acid groups (broad SMARTS) is 1. The van der Waals surface area contributed by atoms with Gasteiger partial charge < -0.3 is 15.7 Å². The van der Waals surface area contributed by atoms with Crippen LogP contribution in [0.4, 0.5) is 4.79 Å². The summed E-state index contributed by atoms with van der Waals surface area (Å²) in [5, 5.41) is 13.3. The summed E-state index contributed by atoms with van der Waals surface area (Å²) in [4.78, 5) is 21.1. The second-order valence-corrected chi connectivity index (χ2v) is 3.69. The van der Waals surface area contributed by atoms with Crippen LogP contribution in [0.5, 0.6) is 0 Å². The number of carbonyl (C=O) groups excluding carboxylic acids is 1. The molecule has 0 aliphatic heterocycles. The summed E-state index contributed by atoms with van der Waals surface area (Å²) in [7, 11) is 0. The van der Waals surface area contributed by atoms with Crippen LogP contribution in [0.25, 0.3) is 0 Å². The van der Waals surface area contributed by atoms with Crippen LogP contribution in [0.15, 0.2) is 0 Å². The van der Waals surface area contributed by atoms with Gasteiger partial charge in [0.05, 0.1) is 12.2 Å². The van der Waals surface area contributed by atoms with Crippen LogP contribution in [0.3, 0.4) is 0 Å². The van der Waals surface area contributed by atoms with E-state index in [2.05, 4.69) is 16.6 Å². The number of nitrogens with one attached hydrogen (secondary N) is 2. The Morgan fingerprint density at radius 1 is 1.33 bits per heavy atom. The highest BCUT2D eigenvalue weighted by Gasteiger charge is 2.00. The van der Waals surface area contributed by atoms with Gasteiger partial charge in [0.25, 0.3) is 0 Å². The lowest BCUT2D eigenvalue weighted by Gasteiger charge is -2.05. The zero-order chi connectivity index (χ0) is 11.5. The summed E-state index contributed by atoms with van der Waals surface area (Å²) in [6.07, 6.45) is 4.97. The van der Waals surface area contributed by atoms with Gasteiger partial charge in [-0.25, -0.2) is 4.79 Å². The highest BCUT2D eigenvalue weighted by Crippen LogP contribution is 1.94. The third-order valence-electron chi connectivity index (χ3n) is 1.34. The van der Waals surface area contributed by atoms with E-state index in [1.54, 1.807) is 11.8 Å². The third-order valence-corrected chi connectivity index (χ3v) is 2.21. The molecule has 84 valence electrons. The standard InChI is InChI=1S/C9H14N2O3S/c1-2-6-15-7-5-11-9(14)10-4-3-8(12)13/h1H,3-7H2,(H,12,13)(H2,10,11,14). The molecule has 0 aromatic heterocycles. The highest BCUT2D eigenvalue weighted by molar-refractivity contribution is 7.99. The zero-order valence-corrected chi connectivity index (χ0v) is 9.10. The Balaban J connectivity index is 3.27. The number of carbonyl (C=O) groups is 2. The number of thioether (sulfide) groups is 1. The quantitative estimate of drug-likeness (QED) is 0.429. The summed E-state index contributed by atoms with van der Waals surface area (Å²) in [5.41, 5.74) is 0. The van der Waals surface area contributed by atoms with Gasteiger partial charge in [0.1, 0.15) is 0 Å². The molecule has 6 heteroatoms. The molecule has 0 bridgehead atoms. The second kappa shape index (κ2) is 9.21. The predicted molar refractivity (Wildman–Crippen MR) is 59.8 cm³/mol. The maximum Gasteiger partial charge on any atom is 0.314 e. The van der Waals surface area contributed by atoms with Crippen LogP contribution < -0.4 is 10.6 Å². The minimum atomic E-state index is -0.931. The Hall–Kier alpha value is -1.35. The average Bonchev–Trinajstić information content (AvgIpc) is 2.17. The summed E-state index contributed by atoms with van der Waals surface area (Å²) in [5.74, 6) is 2.92. The van der Waals surface area contributed by atoms with Crippen LogP contribution >= 0.6 is 11.8 Å². The molecular formula is C9H14N2O3S. The van der Waals surface area contributed by atoms with E-state index in [0.717, 1.165) is 5.75 Å². The molecule has 0 unspecified atom stereocenters. The summed E-state index contributed by atoms with van der Waals surface area (Å²) in [6, 6.07) is -0.349. The first kappa shape index (κ1) is 13.7. The van der Waals surface area contributed by atoms with Gasteiger partial charge in [-0.2, -0.15) is 0 Å². The Morgan fingerprint density at radius 2 is 2.00 bits per heavy atom. The van der Waals surface area contributed by atoms with Crippen LogP contribution in [-0.2, 0) is 4.79 Å². The van der Waals surface area contributed by atoms with Crippen LogP contribution in [-0.4, -0.2) is 41.7 Å². The fourth-order valence-corrected chi connectivity index (χ4v) is 1.22. The first-order valence-corrected chi connectivity index (χ1v) is 5.57. The SMILES string of the molecule is C#CCSCCNC(=O)NCCC(=O)O. The van der Waals surface area contributed by atoms with Gasteiger partial charge in [-0.1, -0.05) is 5.92 Å².